The smallest absolute Gasteiger partial charge is 0.128 e. The molecular formula is C8H11FO. The van der Waals surface area contributed by atoms with Crippen molar-refractivity contribution < 1.29 is 9.13 Å². The Kier molecular flexibility index (Phi) is 4.50. The van der Waals surface area contributed by atoms with Gasteiger partial charge < -0.3 is 4.74 Å². The summed E-state index contributed by atoms with van der Waals surface area (Å²) in [6.45, 7) is 6.94. The second-order valence-electron chi connectivity index (χ2n) is 1.71. The van der Waals surface area contributed by atoms with E-state index in [1.54, 1.807) is 0 Å². The molecule has 0 N–H and O–H groups in total. The Morgan fingerprint density at radius 1 is 1.50 bits per heavy atom. The third kappa shape index (κ3) is 2.60. The van der Waals surface area contributed by atoms with Crippen molar-refractivity contribution in [1.82, 2.24) is 0 Å². The highest BCUT2D eigenvalue weighted by Crippen LogP contribution is 2.07. The van der Waals surface area contributed by atoms with E-state index < -0.39 is 0 Å². The lowest BCUT2D eigenvalue weighted by atomic mass is 10.2. The first-order valence-corrected chi connectivity index (χ1v) is 2.88. The largest absolute Gasteiger partial charge is 0.380 e. The molecule has 0 aliphatic rings. The standard InChI is InChI=1S/C8H11FO/c1-4-7(6-10-3)8(9)5-2/h4-5H,1-2,6H2,3H3/b8-7-. The van der Waals surface area contributed by atoms with Gasteiger partial charge in [-0.05, 0) is 6.08 Å². The minimum absolute atomic E-state index is 0.237. The number of methoxy groups -OCH3 is 1. The Bertz CT molecular complexity index is 159. The fraction of sp³-hybridized carbons (Fsp3) is 0.250. The van der Waals surface area contributed by atoms with E-state index in [1.807, 2.05) is 0 Å². The third-order valence-corrected chi connectivity index (χ3v) is 1.03. The summed E-state index contributed by atoms with van der Waals surface area (Å²) < 4.78 is 17.3. The van der Waals surface area contributed by atoms with Gasteiger partial charge in [-0.25, -0.2) is 4.39 Å². The van der Waals surface area contributed by atoms with E-state index in [0.717, 1.165) is 6.08 Å². The van der Waals surface area contributed by atoms with Crippen LogP contribution in [0.25, 0.3) is 0 Å². The van der Waals surface area contributed by atoms with Gasteiger partial charge in [0.05, 0.1) is 6.61 Å². The Hall–Kier alpha value is -0.890. The number of halogens is 1. The molecule has 0 aromatic carbocycles. The summed E-state index contributed by atoms with van der Waals surface area (Å²) in [4.78, 5) is 0. The predicted octanol–water partition coefficient (Wildman–Crippen LogP) is 2.23. The highest BCUT2D eigenvalue weighted by atomic mass is 19.1. The molecule has 56 valence electrons. The Balaban J connectivity index is 4.28. The van der Waals surface area contributed by atoms with Crippen LogP contribution in [0.3, 0.4) is 0 Å². The zero-order valence-electron chi connectivity index (χ0n) is 6.06. The van der Waals surface area contributed by atoms with Crippen molar-refractivity contribution in [2.24, 2.45) is 0 Å². The van der Waals surface area contributed by atoms with Gasteiger partial charge in [0, 0.05) is 12.7 Å². The lowest BCUT2D eigenvalue weighted by molar-refractivity contribution is 0.226. The molecule has 0 aliphatic heterocycles. The van der Waals surface area contributed by atoms with Crippen LogP contribution in [0.4, 0.5) is 4.39 Å². The summed E-state index contributed by atoms with van der Waals surface area (Å²) in [6.07, 6.45) is 2.55. The number of allylic oxidation sites excluding steroid dienone is 2. The molecule has 0 atom stereocenters. The molecule has 0 rings (SSSR count). The molecule has 0 unspecified atom stereocenters. The van der Waals surface area contributed by atoms with E-state index in [0.29, 0.717) is 5.57 Å². The lowest BCUT2D eigenvalue weighted by Gasteiger charge is -1.98. The molecule has 0 bridgehead atoms. The van der Waals surface area contributed by atoms with Crippen molar-refractivity contribution in [1.29, 1.82) is 0 Å². The van der Waals surface area contributed by atoms with Gasteiger partial charge in [0.15, 0.2) is 0 Å². The topological polar surface area (TPSA) is 9.23 Å². The molecule has 0 heterocycles. The molecular weight excluding hydrogens is 131 g/mol. The fourth-order valence-corrected chi connectivity index (χ4v) is 0.512. The van der Waals surface area contributed by atoms with E-state index in [1.165, 1.54) is 13.2 Å². The quantitative estimate of drug-likeness (QED) is 0.547. The Morgan fingerprint density at radius 3 is 2.40 bits per heavy atom. The minimum Gasteiger partial charge on any atom is -0.380 e. The zero-order valence-corrected chi connectivity index (χ0v) is 6.06. The van der Waals surface area contributed by atoms with Gasteiger partial charge in [-0.15, -0.1) is 0 Å². The van der Waals surface area contributed by atoms with Gasteiger partial charge in [-0.3, -0.25) is 0 Å². The molecule has 0 aliphatic carbocycles. The van der Waals surface area contributed by atoms with Gasteiger partial charge in [-0.2, -0.15) is 0 Å². The van der Waals surface area contributed by atoms with Gasteiger partial charge in [0.2, 0.25) is 0 Å². The maximum atomic E-state index is 12.6. The molecule has 0 aromatic rings. The average molecular weight is 142 g/mol. The van der Waals surface area contributed by atoms with E-state index in [4.69, 9.17) is 4.74 Å². The van der Waals surface area contributed by atoms with Crippen molar-refractivity contribution in [3.05, 3.63) is 36.7 Å². The zero-order chi connectivity index (χ0) is 7.98. The van der Waals surface area contributed by atoms with Gasteiger partial charge in [0.1, 0.15) is 5.83 Å². The molecule has 10 heavy (non-hydrogen) atoms. The Labute approximate surface area is 60.5 Å². The number of hydrogen-bond donors (Lipinski definition) is 0. The average Bonchev–Trinajstić information content (AvgIpc) is 1.99. The van der Waals surface area contributed by atoms with Crippen LogP contribution in [0.2, 0.25) is 0 Å². The maximum absolute atomic E-state index is 12.6. The van der Waals surface area contributed by atoms with Crippen LogP contribution in [0.1, 0.15) is 0 Å². The molecule has 0 fully saturated rings. The highest BCUT2D eigenvalue weighted by Gasteiger charge is 1.96. The molecule has 1 nitrogen and oxygen atoms in total. The monoisotopic (exact) mass is 142 g/mol. The first kappa shape index (κ1) is 9.11. The molecule has 2 heteroatoms. The van der Waals surface area contributed by atoms with Crippen molar-refractivity contribution in [2.45, 2.75) is 0 Å². The van der Waals surface area contributed by atoms with Crippen LogP contribution in [-0.2, 0) is 4.74 Å². The Morgan fingerprint density at radius 2 is 2.10 bits per heavy atom. The predicted molar refractivity (Wildman–Crippen MR) is 40.4 cm³/mol. The van der Waals surface area contributed by atoms with Crippen LogP contribution in [0.15, 0.2) is 36.7 Å². The van der Waals surface area contributed by atoms with E-state index in [2.05, 4.69) is 13.2 Å². The molecule has 0 saturated heterocycles. The fourth-order valence-electron chi connectivity index (χ4n) is 0.512. The SMILES string of the molecule is C=C/C(F)=C(\C=C)COC. The summed E-state index contributed by atoms with van der Waals surface area (Å²) in [5, 5.41) is 0. The number of ether oxygens (including phenoxy) is 1. The van der Waals surface area contributed by atoms with Crippen LogP contribution >= 0.6 is 0 Å². The van der Waals surface area contributed by atoms with E-state index >= 15 is 0 Å². The summed E-state index contributed by atoms with van der Waals surface area (Å²) in [5.41, 5.74) is 0.428. The van der Waals surface area contributed by atoms with E-state index in [9.17, 15) is 4.39 Å². The third-order valence-electron chi connectivity index (χ3n) is 1.03. The first-order chi connectivity index (χ1) is 4.76. The van der Waals surface area contributed by atoms with Crippen molar-refractivity contribution >= 4 is 0 Å². The van der Waals surface area contributed by atoms with Gasteiger partial charge in [0.25, 0.3) is 0 Å². The van der Waals surface area contributed by atoms with E-state index in [-0.39, 0.29) is 12.4 Å². The molecule has 0 aromatic heterocycles. The maximum Gasteiger partial charge on any atom is 0.128 e. The summed E-state index contributed by atoms with van der Waals surface area (Å²) >= 11 is 0. The molecule has 0 spiro atoms. The summed E-state index contributed by atoms with van der Waals surface area (Å²) in [6, 6.07) is 0. The van der Waals surface area contributed by atoms with Crippen LogP contribution in [0.5, 0.6) is 0 Å². The molecule has 0 amide bonds. The normalized spacial score (nSPS) is 12.2. The lowest BCUT2D eigenvalue weighted by Crippen LogP contribution is -1.92. The molecule has 0 radical (unpaired) electrons. The van der Waals surface area contributed by atoms with Crippen LogP contribution in [-0.4, -0.2) is 13.7 Å². The molecule has 0 saturated carbocycles. The minimum atomic E-state index is -0.378. The second-order valence-corrected chi connectivity index (χ2v) is 1.71. The van der Waals surface area contributed by atoms with Gasteiger partial charge >= 0.3 is 0 Å². The summed E-state index contributed by atoms with van der Waals surface area (Å²) in [7, 11) is 1.50. The first-order valence-electron chi connectivity index (χ1n) is 2.88. The van der Waals surface area contributed by atoms with Crippen LogP contribution in [0, 0.1) is 0 Å². The summed E-state index contributed by atoms with van der Waals surface area (Å²) in [5.74, 6) is -0.378. The van der Waals surface area contributed by atoms with Crippen LogP contribution < -0.4 is 0 Å². The van der Waals surface area contributed by atoms with Crippen molar-refractivity contribution in [3.8, 4) is 0 Å². The van der Waals surface area contributed by atoms with Crippen molar-refractivity contribution in [2.75, 3.05) is 13.7 Å². The highest BCUT2D eigenvalue weighted by molar-refractivity contribution is 5.26. The number of hydrogen-bond acceptors (Lipinski definition) is 1. The number of rotatable bonds is 4. The van der Waals surface area contributed by atoms with Gasteiger partial charge in [-0.1, -0.05) is 19.2 Å². The second kappa shape index (κ2) is 4.94. The van der Waals surface area contributed by atoms with Crippen molar-refractivity contribution in [3.63, 3.8) is 0 Å².